The van der Waals surface area contributed by atoms with Crippen LogP contribution in [0.5, 0.6) is 5.75 Å². The Morgan fingerprint density at radius 3 is 2.62 bits per heavy atom. The van der Waals surface area contributed by atoms with Gasteiger partial charge in [-0.15, -0.1) is 0 Å². The lowest BCUT2D eigenvalue weighted by atomic mass is 10.2. The lowest BCUT2D eigenvalue weighted by molar-refractivity contribution is -0.114. The molecule has 0 atom stereocenters. The molecule has 144 valence electrons. The highest BCUT2D eigenvalue weighted by molar-refractivity contribution is 5.89. The van der Waals surface area contributed by atoms with Gasteiger partial charge in [-0.1, -0.05) is 12.1 Å². The molecule has 0 saturated carbocycles. The van der Waals surface area contributed by atoms with E-state index in [1.807, 2.05) is 6.07 Å². The normalized spacial score (nSPS) is 10.7. The fourth-order valence-electron chi connectivity index (χ4n) is 2.97. The molecule has 0 radical (unpaired) electrons. The Bertz CT molecular complexity index is 1260. The minimum atomic E-state index is -0.263. The standard InChI is InChI=1S/C21H17N5O3/c1-14(27)23-15-4-2-6-17(12-15)26-19(8-10-22-26)21-20(29)9-11-25(24-21)16-5-3-7-18(28)13-16/h2-13,28H,1H3,(H,23,27). The maximum atomic E-state index is 12.5. The van der Waals surface area contributed by atoms with E-state index in [0.717, 1.165) is 0 Å². The van der Waals surface area contributed by atoms with E-state index in [9.17, 15) is 14.7 Å². The second kappa shape index (κ2) is 7.43. The highest BCUT2D eigenvalue weighted by Gasteiger charge is 2.14. The van der Waals surface area contributed by atoms with Crippen LogP contribution in [0.25, 0.3) is 22.8 Å². The number of anilines is 1. The van der Waals surface area contributed by atoms with Crippen molar-refractivity contribution in [2.24, 2.45) is 0 Å². The molecule has 8 nitrogen and oxygen atoms in total. The molecule has 0 aliphatic carbocycles. The first kappa shape index (κ1) is 18.2. The van der Waals surface area contributed by atoms with Gasteiger partial charge in [-0.05, 0) is 36.4 Å². The highest BCUT2D eigenvalue weighted by atomic mass is 16.3. The van der Waals surface area contributed by atoms with Crippen LogP contribution < -0.4 is 10.7 Å². The topological polar surface area (TPSA) is 102 Å². The van der Waals surface area contributed by atoms with Crippen molar-refractivity contribution >= 4 is 11.6 Å². The molecule has 2 heterocycles. The van der Waals surface area contributed by atoms with Crippen LogP contribution in [0.3, 0.4) is 0 Å². The lowest BCUT2D eigenvalue weighted by Crippen LogP contribution is -2.15. The number of phenolic OH excluding ortho intramolecular Hbond substituents is 1. The van der Waals surface area contributed by atoms with Gasteiger partial charge in [-0.25, -0.2) is 9.36 Å². The van der Waals surface area contributed by atoms with E-state index in [2.05, 4.69) is 15.5 Å². The number of hydrogen-bond donors (Lipinski definition) is 2. The Morgan fingerprint density at radius 2 is 1.83 bits per heavy atom. The number of carbonyl (C=O) groups is 1. The molecule has 0 unspecified atom stereocenters. The van der Waals surface area contributed by atoms with Crippen LogP contribution in [0.2, 0.25) is 0 Å². The summed E-state index contributed by atoms with van der Waals surface area (Å²) in [5.74, 6) is -0.0778. The van der Waals surface area contributed by atoms with Gasteiger partial charge in [-0.2, -0.15) is 10.2 Å². The van der Waals surface area contributed by atoms with E-state index in [1.54, 1.807) is 65.6 Å². The number of aromatic hydroxyl groups is 1. The van der Waals surface area contributed by atoms with Crippen molar-refractivity contribution in [1.29, 1.82) is 0 Å². The van der Waals surface area contributed by atoms with Gasteiger partial charge in [0.2, 0.25) is 11.3 Å². The number of phenols is 1. The van der Waals surface area contributed by atoms with Gasteiger partial charge in [0.25, 0.3) is 0 Å². The van der Waals surface area contributed by atoms with Crippen molar-refractivity contribution in [3.05, 3.63) is 83.3 Å². The van der Waals surface area contributed by atoms with E-state index in [4.69, 9.17) is 0 Å². The average Bonchev–Trinajstić information content (AvgIpc) is 3.18. The van der Waals surface area contributed by atoms with Gasteiger partial charge in [0.15, 0.2) is 5.69 Å². The zero-order chi connectivity index (χ0) is 20.4. The van der Waals surface area contributed by atoms with Crippen LogP contribution >= 0.6 is 0 Å². The van der Waals surface area contributed by atoms with Crippen molar-refractivity contribution < 1.29 is 9.90 Å². The highest BCUT2D eigenvalue weighted by Crippen LogP contribution is 2.21. The number of nitrogens with one attached hydrogen (secondary N) is 1. The van der Waals surface area contributed by atoms with Gasteiger partial charge in [-0.3, -0.25) is 9.59 Å². The predicted molar refractivity (Wildman–Crippen MR) is 108 cm³/mol. The SMILES string of the molecule is CC(=O)Nc1cccc(-n2nccc2-c2nn(-c3cccc(O)c3)ccc2=O)c1. The molecule has 4 rings (SSSR count). The van der Waals surface area contributed by atoms with Gasteiger partial charge in [0.1, 0.15) is 5.75 Å². The maximum Gasteiger partial charge on any atom is 0.221 e. The van der Waals surface area contributed by atoms with Crippen LogP contribution in [0.1, 0.15) is 6.92 Å². The van der Waals surface area contributed by atoms with Crippen molar-refractivity contribution in [1.82, 2.24) is 19.6 Å². The Labute approximate surface area is 165 Å². The Kier molecular flexibility index (Phi) is 4.66. The third-order valence-corrected chi connectivity index (χ3v) is 4.20. The molecule has 1 amide bonds. The Hall–Kier alpha value is -4.20. The summed E-state index contributed by atoms with van der Waals surface area (Å²) in [6.07, 6.45) is 3.12. The summed E-state index contributed by atoms with van der Waals surface area (Å²) in [6.45, 7) is 1.43. The van der Waals surface area contributed by atoms with Gasteiger partial charge in [0, 0.05) is 30.9 Å². The largest absolute Gasteiger partial charge is 0.508 e. The number of rotatable bonds is 4. The molecule has 2 aromatic carbocycles. The van der Waals surface area contributed by atoms with Crippen LogP contribution in [-0.4, -0.2) is 30.6 Å². The average molecular weight is 387 g/mol. The van der Waals surface area contributed by atoms with Crippen molar-refractivity contribution in [3.63, 3.8) is 0 Å². The number of nitrogens with zero attached hydrogens (tertiary/aromatic N) is 4. The first-order valence-corrected chi connectivity index (χ1v) is 8.83. The Balaban J connectivity index is 1.80. The van der Waals surface area contributed by atoms with E-state index in [-0.39, 0.29) is 22.8 Å². The molecular formula is C21H17N5O3. The molecule has 0 bridgehead atoms. The number of benzene rings is 2. The molecule has 0 saturated heterocycles. The molecule has 8 heteroatoms. The zero-order valence-electron chi connectivity index (χ0n) is 15.5. The third-order valence-electron chi connectivity index (χ3n) is 4.20. The molecule has 29 heavy (non-hydrogen) atoms. The minimum absolute atomic E-state index is 0.101. The van der Waals surface area contributed by atoms with E-state index in [1.165, 1.54) is 17.7 Å². The predicted octanol–water partition coefficient (Wildman–Crippen LogP) is 2.75. The summed E-state index contributed by atoms with van der Waals surface area (Å²) in [5, 5.41) is 21.2. The molecule has 2 N–H and O–H groups in total. The number of hydrogen-bond acceptors (Lipinski definition) is 5. The summed E-state index contributed by atoms with van der Waals surface area (Å²) in [5.41, 5.74) is 2.36. The molecule has 0 spiro atoms. The van der Waals surface area contributed by atoms with E-state index >= 15 is 0 Å². The molecular weight excluding hydrogens is 370 g/mol. The summed E-state index contributed by atoms with van der Waals surface area (Å²) in [4.78, 5) is 23.9. The summed E-state index contributed by atoms with van der Waals surface area (Å²) >= 11 is 0. The molecule has 0 aliphatic heterocycles. The van der Waals surface area contributed by atoms with Crippen molar-refractivity contribution in [2.45, 2.75) is 6.92 Å². The fourth-order valence-corrected chi connectivity index (χ4v) is 2.97. The smallest absolute Gasteiger partial charge is 0.221 e. The number of aromatic nitrogens is 4. The van der Waals surface area contributed by atoms with Gasteiger partial charge >= 0.3 is 0 Å². The molecule has 0 fully saturated rings. The summed E-state index contributed by atoms with van der Waals surface area (Å²) in [6, 6.07) is 16.8. The monoisotopic (exact) mass is 387 g/mol. The van der Waals surface area contributed by atoms with Crippen LogP contribution in [0, 0.1) is 0 Å². The number of carbonyl (C=O) groups excluding carboxylic acids is 1. The summed E-state index contributed by atoms with van der Waals surface area (Å²) < 4.78 is 3.10. The summed E-state index contributed by atoms with van der Waals surface area (Å²) in [7, 11) is 0. The van der Waals surface area contributed by atoms with Crippen LogP contribution in [-0.2, 0) is 4.79 Å². The quantitative estimate of drug-likeness (QED) is 0.561. The fraction of sp³-hybridized carbons (Fsp3) is 0.0476. The number of amides is 1. The molecule has 2 aromatic heterocycles. The Morgan fingerprint density at radius 1 is 1.03 bits per heavy atom. The molecule has 0 aliphatic rings. The maximum absolute atomic E-state index is 12.5. The second-order valence-electron chi connectivity index (χ2n) is 6.35. The first-order valence-electron chi connectivity index (χ1n) is 8.83. The zero-order valence-corrected chi connectivity index (χ0v) is 15.5. The van der Waals surface area contributed by atoms with Crippen molar-refractivity contribution in [3.8, 4) is 28.5 Å². The molecule has 4 aromatic rings. The van der Waals surface area contributed by atoms with Crippen LogP contribution in [0.4, 0.5) is 5.69 Å². The van der Waals surface area contributed by atoms with E-state index < -0.39 is 0 Å². The third kappa shape index (κ3) is 3.77. The van der Waals surface area contributed by atoms with E-state index in [0.29, 0.717) is 22.8 Å². The van der Waals surface area contributed by atoms with Crippen molar-refractivity contribution in [2.75, 3.05) is 5.32 Å². The lowest BCUT2D eigenvalue weighted by Gasteiger charge is -2.11. The van der Waals surface area contributed by atoms with Gasteiger partial charge in [0.05, 0.1) is 23.3 Å². The first-order chi connectivity index (χ1) is 14.0. The van der Waals surface area contributed by atoms with Crippen LogP contribution in [0.15, 0.2) is 77.9 Å². The minimum Gasteiger partial charge on any atom is -0.508 e. The van der Waals surface area contributed by atoms with Gasteiger partial charge < -0.3 is 10.4 Å². The second-order valence-corrected chi connectivity index (χ2v) is 6.35.